The van der Waals surface area contributed by atoms with Gasteiger partial charge in [0.05, 0.1) is 12.2 Å². The first-order valence-corrected chi connectivity index (χ1v) is 17.8. The maximum Gasteiger partial charge on any atom is 0.0548 e. The summed E-state index contributed by atoms with van der Waals surface area (Å²) in [5.74, 6) is 7.36. The molecule has 0 amide bonds. The van der Waals surface area contributed by atoms with Crippen LogP contribution < -0.4 is 0 Å². The monoisotopic (exact) mass is 547 g/mol. The average Bonchev–Trinajstić information content (AvgIpc) is 3.27. The van der Waals surface area contributed by atoms with Gasteiger partial charge in [-0.05, 0) is 149 Å². The molecule has 4 fully saturated rings. The van der Waals surface area contributed by atoms with Crippen molar-refractivity contribution >= 4 is 0 Å². The molecule has 0 saturated heterocycles. The largest absolute Gasteiger partial charge is 0.396 e. The standard InChI is InChI=1S/C29H52O.C8H18O/c1-20(2)22(16-19-30)10-9-21(3)25-13-14-26-24-12-11-23-8-6-7-17-28(23,4)27(24)15-18-29(25,26)5;1-5-7(3)9-8(4)6-2/h20-27,30H,6-19H2,1-5H3;7-8H,5-6H2,1-4H3/t21-,22+,23?,24+,25-,26+,27+,28+,29-;/m1./s1. The molecule has 0 aliphatic heterocycles. The van der Waals surface area contributed by atoms with Gasteiger partial charge in [0, 0.05) is 6.61 Å². The van der Waals surface area contributed by atoms with Crippen LogP contribution in [0.1, 0.15) is 159 Å². The lowest BCUT2D eigenvalue weighted by Gasteiger charge is -2.61. The zero-order valence-electron chi connectivity index (χ0n) is 27.9. The van der Waals surface area contributed by atoms with Crippen LogP contribution in [0.5, 0.6) is 0 Å². The minimum atomic E-state index is 0.364. The maximum atomic E-state index is 9.47. The number of aliphatic hydroxyl groups excluding tert-OH is 1. The Hall–Kier alpha value is -0.0800. The van der Waals surface area contributed by atoms with Crippen molar-refractivity contribution in [1.82, 2.24) is 0 Å². The molecular weight excluding hydrogens is 476 g/mol. The van der Waals surface area contributed by atoms with Gasteiger partial charge in [0.25, 0.3) is 0 Å². The van der Waals surface area contributed by atoms with Crippen LogP contribution >= 0.6 is 0 Å². The minimum absolute atomic E-state index is 0.364. The molecule has 0 aromatic rings. The Kier molecular flexibility index (Phi) is 12.8. The highest BCUT2D eigenvalue weighted by atomic mass is 16.5. The molecule has 0 heterocycles. The second kappa shape index (κ2) is 14.9. The first-order chi connectivity index (χ1) is 18.5. The van der Waals surface area contributed by atoms with Gasteiger partial charge < -0.3 is 9.84 Å². The van der Waals surface area contributed by atoms with Gasteiger partial charge in [-0.1, -0.05) is 67.7 Å². The van der Waals surface area contributed by atoms with Gasteiger partial charge in [0.15, 0.2) is 0 Å². The summed E-state index contributed by atoms with van der Waals surface area (Å²) < 4.78 is 5.55. The van der Waals surface area contributed by atoms with Gasteiger partial charge in [-0.15, -0.1) is 0 Å². The molecule has 230 valence electrons. The molecule has 4 aliphatic carbocycles. The van der Waals surface area contributed by atoms with Gasteiger partial charge >= 0.3 is 0 Å². The molecule has 0 aromatic heterocycles. The molecule has 0 radical (unpaired) electrons. The first kappa shape index (κ1) is 33.4. The van der Waals surface area contributed by atoms with Crippen LogP contribution in [0.15, 0.2) is 0 Å². The molecule has 3 unspecified atom stereocenters. The average molecular weight is 547 g/mol. The van der Waals surface area contributed by atoms with Gasteiger partial charge in [-0.25, -0.2) is 0 Å². The number of hydrogen-bond donors (Lipinski definition) is 1. The summed E-state index contributed by atoms with van der Waals surface area (Å²) in [6, 6.07) is 0. The van der Waals surface area contributed by atoms with Crippen LogP contribution in [0.25, 0.3) is 0 Å². The Morgan fingerprint density at radius 2 is 1.38 bits per heavy atom. The molecule has 11 atom stereocenters. The van der Waals surface area contributed by atoms with E-state index in [2.05, 4.69) is 62.3 Å². The van der Waals surface area contributed by atoms with E-state index in [1.807, 2.05) is 0 Å². The molecule has 0 spiro atoms. The summed E-state index contributed by atoms with van der Waals surface area (Å²) in [5, 5.41) is 9.47. The summed E-state index contributed by atoms with van der Waals surface area (Å²) in [4.78, 5) is 0. The van der Waals surface area contributed by atoms with Gasteiger partial charge in [0.1, 0.15) is 0 Å². The third-order valence-electron chi connectivity index (χ3n) is 13.4. The molecule has 4 aliphatic rings. The highest BCUT2D eigenvalue weighted by Crippen LogP contribution is 2.68. The lowest BCUT2D eigenvalue weighted by molar-refractivity contribution is -0.114. The van der Waals surface area contributed by atoms with E-state index < -0.39 is 0 Å². The molecule has 0 aromatic carbocycles. The van der Waals surface area contributed by atoms with E-state index in [9.17, 15) is 5.11 Å². The number of aliphatic hydroxyl groups is 1. The van der Waals surface area contributed by atoms with Crippen molar-refractivity contribution in [2.45, 2.75) is 171 Å². The summed E-state index contributed by atoms with van der Waals surface area (Å²) >= 11 is 0. The van der Waals surface area contributed by atoms with Crippen molar-refractivity contribution in [2.24, 2.45) is 58.2 Å². The van der Waals surface area contributed by atoms with E-state index >= 15 is 0 Å². The third kappa shape index (κ3) is 7.66. The number of ether oxygens (including phenoxy) is 1. The predicted molar refractivity (Wildman–Crippen MR) is 169 cm³/mol. The van der Waals surface area contributed by atoms with Crippen LogP contribution in [-0.4, -0.2) is 23.9 Å². The lowest BCUT2D eigenvalue weighted by atomic mass is 9.44. The minimum Gasteiger partial charge on any atom is -0.396 e. The Balaban J connectivity index is 0.000000403. The van der Waals surface area contributed by atoms with Crippen molar-refractivity contribution < 1.29 is 9.84 Å². The summed E-state index contributed by atoms with van der Waals surface area (Å²) in [6.07, 6.45) is 22.0. The van der Waals surface area contributed by atoms with Crippen LogP contribution in [-0.2, 0) is 4.74 Å². The number of hydrogen-bond acceptors (Lipinski definition) is 2. The fourth-order valence-corrected chi connectivity index (χ4v) is 10.5. The summed E-state index contributed by atoms with van der Waals surface area (Å²) in [5.41, 5.74) is 1.30. The van der Waals surface area contributed by atoms with Crippen LogP contribution in [0.2, 0.25) is 0 Å². The van der Waals surface area contributed by atoms with E-state index in [1.54, 1.807) is 12.8 Å². The fourth-order valence-electron chi connectivity index (χ4n) is 10.5. The van der Waals surface area contributed by atoms with Gasteiger partial charge in [-0.2, -0.15) is 0 Å². The summed E-state index contributed by atoms with van der Waals surface area (Å²) in [6.45, 7) is 21.6. The molecule has 4 rings (SSSR count). The first-order valence-electron chi connectivity index (χ1n) is 17.8. The quantitative estimate of drug-likeness (QED) is 0.279. The Labute approximate surface area is 245 Å². The van der Waals surface area contributed by atoms with E-state index in [1.165, 1.54) is 64.2 Å². The zero-order valence-corrected chi connectivity index (χ0v) is 27.9. The molecule has 39 heavy (non-hydrogen) atoms. The molecule has 4 saturated carbocycles. The molecule has 1 N–H and O–H groups in total. The Bertz CT molecular complexity index is 696. The molecule has 2 heteroatoms. The maximum absolute atomic E-state index is 9.47. The van der Waals surface area contributed by atoms with E-state index in [4.69, 9.17) is 4.74 Å². The van der Waals surface area contributed by atoms with Crippen LogP contribution in [0.3, 0.4) is 0 Å². The Morgan fingerprint density at radius 3 is 2.00 bits per heavy atom. The number of fused-ring (bicyclic) bond motifs is 5. The van der Waals surface area contributed by atoms with E-state index in [-0.39, 0.29) is 0 Å². The highest BCUT2D eigenvalue weighted by Gasteiger charge is 2.60. The van der Waals surface area contributed by atoms with Crippen molar-refractivity contribution in [3.8, 4) is 0 Å². The van der Waals surface area contributed by atoms with Crippen LogP contribution in [0.4, 0.5) is 0 Å². The van der Waals surface area contributed by atoms with Crippen molar-refractivity contribution in [2.75, 3.05) is 6.61 Å². The molecular formula is C37H70O2. The van der Waals surface area contributed by atoms with Crippen molar-refractivity contribution in [1.29, 1.82) is 0 Å². The van der Waals surface area contributed by atoms with Crippen molar-refractivity contribution in [3.05, 3.63) is 0 Å². The topological polar surface area (TPSA) is 29.5 Å². The second-order valence-electron chi connectivity index (χ2n) is 15.8. The second-order valence-corrected chi connectivity index (χ2v) is 15.8. The smallest absolute Gasteiger partial charge is 0.0548 e. The summed E-state index contributed by atoms with van der Waals surface area (Å²) in [7, 11) is 0. The molecule has 2 nitrogen and oxygen atoms in total. The SMILES string of the molecule is CC(C)[C@H](CCO)CC[C@@H](C)[C@H]1CC[C@H]2[C@@H]3CCC4CCCC[C@]4(C)[C@H]3CC[C@]12C.CCC(C)OC(C)CC. The Morgan fingerprint density at radius 1 is 0.718 bits per heavy atom. The van der Waals surface area contributed by atoms with Gasteiger partial charge in [0.2, 0.25) is 0 Å². The van der Waals surface area contributed by atoms with Crippen LogP contribution in [0, 0.1) is 58.2 Å². The van der Waals surface area contributed by atoms with E-state index in [0.29, 0.717) is 41.5 Å². The highest BCUT2D eigenvalue weighted by molar-refractivity contribution is 5.09. The molecule has 0 bridgehead atoms. The van der Waals surface area contributed by atoms with Crippen molar-refractivity contribution in [3.63, 3.8) is 0 Å². The lowest BCUT2D eigenvalue weighted by Crippen LogP contribution is -2.53. The fraction of sp³-hybridized carbons (Fsp3) is 1.00. The normalized spacial score (nSPS) is 39.0. The van der Waals surface area contributed by atoms with Gasteiger partial charge in [-0.3, -0.25) is 0 Å². The van der Waals surface area contributed by atoms with E-state index in [0.717, 1.165) is 54.8 Å². The third-order valence-corrected chi connectivity index (χ3v) is 13.4. The predicted octanol–water partition coefficient (Wildman–Crippen LogP) is 10.7. The zero-order chi connectivity index (χ0) is 28.8. The number of rotatable bonds is 11.